The van der Waals surface area contributed by atoms with E-state index in [9.17, 15) is 4.79 Å². The second-order valence-corrected chi connectivity index (χ2v) is 7.97. The van der Waals surface area contributed by atoms with Gasteiger partial charge >= 0.3 is 5.97 Å². The number of aromatic nitrogens is 1. The molecule has 1 aliphatic rings. The van der Waals surface area contributed by atoms with Gasteiger partial charge in [-0.25, -0.2) is 0 Å². The smallest absolute Gasteiger partial charge is 0.325 e. The van der Waals surface area contributed by atoms with E-state index in [1.54, 1.807) is 18.0 Å². The number of carbonyl (C=O) groups is 1. The van der Waals surface area contributed by atoms with Crippen molar-refractivity contribution in [1.82, 2.24) is 15.2 Å². The lowest BCUT2D eigenvalue weighted by Crippen LogP contribution is -2.35. The standard InChI is InChI=1S/C23H22ClN3O3S/c1-3-29-20(28)13-27-22(21(26-23(27)31)17-9-4-5-12-25-17)19-11-10-18(30-19)15-7-6-8-16(24)14(15)2/h4-12,21-22H,3,13H2,1-2H3,(H,26,31)/t21-,22-/m1/s1. The molecule has 0 unspecified atom stereocenters. The van der Waals surface area contributed by atoms with Gasteiger partial charge in [-0.3, -0.25) is 9.78 Å². The summed E-state index contributed by atoms with van der Waals surface area (Å²) in [6.07, 6.45) is 1.73. The van der Waals surface area contributed by atoms with Gasteiger partial charge in [0.15, 0.2) is 5.11 Å². The summed E-state index contributed by atoms with van der Waals surface area (Å²) in [4.78, 5) is 18.5. The van der Waals surface area contributed by atoms with E-state index >= 15 is 0 Å². The minimum Gasteiger partial charge on any atom is -0.465 e. The van der Waals surface area contributed by atoms with Crippen molar-refractivity contribution < 1.29 is 13.9 Å². The summed E-state index contributed by atoms with van der Waals surface area (Å²) in [5.41, 5.74) is 2.66. The Balaban J connectivity index is 1.73. The number of nitrogens with one attached hydrogen (secondary N) is 1. The molecule has 0 amide bonds. The molecule has 1 aliphatic heterocycles. The molecule has 160 valence electrons. The molecule has 1 saturated heterocycles. The first-order valence-electron chi connectivity index (χ1n) is 9.98. The van der Waals surface area contributed by atoms with Crippen LogP contribution < -0.4 is 5.32 Å². The third-order valence-electron chi connectivity index (χ3n) is 5.25. The molecule has 4 rings (SSSR count). The Hall–Kier alpha value is -2.90. The van der Waals surface area contributed by atoms with Crippen LogP contribution in [0.15, 0.2) is 59.1 Å². The zero-order valence-corrected chi connectivity index (χ0v) is 18.7. The largest absolute Gasteiger partial charge is 0.465 e. The highest BCUT2D eigenvalue weighted by atomic mass is 35.5. The number of hydrogen-bond donors (Lipinski definition) is 1. The van der Waals surface area contributed by atoms with Crippen LogP contribution in [0.2, 0.25) is 5.02 Å². The Kier molecular flexibility index (Phi) is 6.25. The third-order valence-corrected chi connectivity index (χ3v) is 6.02. The van der Waals surface area contributed by atoms with Gasteiger partial charge in [0.1, 0.15) is 24.1 Å². The minimum atomic E-state index is -0.361. The number of halogens is 1. The van der Waals surface area contributed by atoms with E-state index in [0.717, 1.165) is 16.8 Å². The predicted octanol–water partition coefficient (Wildman–Crippen LogP) is 4.84. The number of carbonyl (C=O) groups excluding carboxylic acids is 1. The van der Waals surface area contributed by atoms with Crippen molar-refractivity contribution in [2.75, 3.05) is 13.2 Å². The van der Waals surface area contributed by atoms with E-state index in [0.29, 0.717) is 28.3 Å². The number of ether oxygens (including phenoxy) is 1. The molecule has 2 atom stereocenters. The van der Waals surface area contributed by atoms with Crippen LogP contribution in [-0.4, -0.2) is 34.1 Å². The Morgan fingerprint density at radius 1 is 1.26 bits per heavy atom. The van der Waals surface area contributed by atoms with Gasteiger partial charge in [0.2, 0.25) is 0 Å². The second-order valence-electron chi connectivity index (χ2n) is 7.17. The van der Waals surface area contributed by atoms with Gasteiger partial charge in [0, 0.05) is 16.8 Å². The normalized spacial score (nSPS) is 18.2. The summed E-state index contributed by atoms with van der Waals surface area (Å²) >= 11 is 11.8. The van der Waals surface area contributed by atoms with Crippen molar-refractivity contribution in [3.05, 3.63) is 76.8 Å². The van der Waals surface area contributed by atoms with E-state index in [-0.39, 0.29) is 24.6 Å². The molecule has 1 fully saturated rings. The molecule has 3 heterocycles. The maximum Gasteiger partial charge on any atom is 0.325 e. The van der Waals surface area contributed by atoms with Gasteiger partial charge in [0.05, 0.1) is 18.3 Å². The summed E-state index contributed by atoms with van der Waals surface area (Å²) < 4.78 is 11.4. The van der Waals surface area contributed by atoms with Crippen LogP contribution in [0.3, 0.4) is 0 Å². The number of nitrogens with zero attached hydrogens (tertiary/aromatic N) is 2. The number of thiocarbonyl (C=S) groups is 1. The summed E-state index contributed by atoms with van der Waals surface area (Å²) in [6, 6.07) is 14.6. The summed E-state index contributed by atoms with van der Waals surface area (Å²) in [6.45, 7) is 4.05. The Morgan fingerprint density at radius 2 is 2.10 bits per heavy atom. The second kappa shape index (κ2) is 9.08. The number of pyridine rings is 1. The lowest BCUT2D eigenvalue weighted by Gasteiger charge is -2.25. The van der Waals surface area contributed by atoms with E-state index in [2.05, 4.69) is 10.3 Å². The van der Waals surface area contributed by atoms with E-state index in [1.807, 2.05) is 55.5 Å². The van der Waals surface area contributed by atoms with Crippen molar-refractivity contribution in [1.29, 1.82) is 0 Å². The molecule has 0 spiro atoms. The highest BCUT2D eigenvalue weighted by Gasteiger charge is 2.42. The van der Waals surface area contributed by atoms with E-state index in [1.165, 1.54) is 0 Å². The number of hydrogen-bond acceptors (Lipinski definition) is 5. The first-order chi connectivity index (χ1) is 15.0. The molecule has 8 heteroatoms. The minimum absolute atomic E-state index is 0.0138. The van der Waals surface area contributed by atoms with Gasteiger partial charge in [-0.05, 0) is 62.0 Å². The van der Waals surface area contributed by atoms with Crippen molar-refractivity contribution in [2.45, 2.75) is 25.9 Å². The molecule has 0 saturated carbocycles. The molecule has 3 aromatic rings. The third kappa shape index (κ3) is 4.29. The van der Waals surface area contributed by atoms with Gasteiger partial charge in [-0.15, -0.1) is 0 Å². The molecule has 2 aromatic heterocycles. The fraction of sp³-hybridized carbons (Fsp3) is 0.261. The van der Waals surface area contributed by atoms with E-state index in [4.69, 9.17) is 33.0 Å². The van der Waals surface area contributed by atoms with Crippen LogP contribution >= 0.6 is 23.8 Å². The number of furan rings is 1. The lowest BCUT2D eigenvalue weighted by atomic mass is 10.0. The molecule has 6 nitrogen and oxygen atoms in total. The molecule has 31 heavy (non-hydrogen) atoms. The average Bonchev–Trinajstić information content (AvgIpc) is 3.36. The molecular formula is C23H22ClN3O3S. The first-order valence-corrected chi connectivity index (χ1v) is 10.8. The zero-order chi connectivity index (χ0) is 22.0. The SMILES string of the molecule is CCOC(=O)CN1C(=S)N[C@H](c2ccccn2)[C@H]1c1ccc(-c2cccc(Cl)c2C)o1. The Morgan fingerprint density at radius 3 is 2.84 bits per heavy atom. The van der Waals surface area contributed by atoms with Gasteiger partial charge < -0.3 is 19.4 Å². The first kappa shape index (κ1) is 21.3. The zero-order valence-electron chi connectivity index (χ0n) is 17.2. The van der Waals surface area contributed by atoms with Gasteiger partial charge in [-0.2, -0.15) is 0 Å². The summed E-state index contributed by atoms with van der Waals surface area (Å²) in [7, 11) is 0. The molecular weight excluding hydrogens is 434 g/mol. The summed E-state index contributed by atoms with van der Waals surface area (Å²) in [5.74, 6) is 1.01. The topological polar surface area (TPSA) is 67.6 Å². The molecule has 1 aromatic carbocycles. The van der Waals surface area contributed by atoms with Crippen molar-refractivity contribution >= 4 is 34.9 Å². The number of esters is 1. The summed E-state index contributed by atoms with van der Waals surface area (Å²) in [5, 5.41) is 4.42. The van der Waals surface area contributed by atoms with Gasteiger partial charge in [0.25, 0.3) is 0 Å². The van der Waals surface area contributed by atoms with Crippen molar-refractivity contribution in [2.24, 2.45) is 0 Å². The molecule has 1 N–H and O–H groups in total. The maximum absolute atomic E-state index is 12.3. The van der Waals surface area contributed by atoms with Crippen LogP contribution in [0.5, 0.6) is 0 Å². The quantitative estimate of drug-likeness (QED) is 0.421. The van der Waals surface area contributed by atoms with Crippen LogP contribution in [0.25, 0.3) is 11.3 Å². The fourth-order valence-corrected chi connectivity index (χ4v) is 4.24. The van der Waals surface area contributed by atoms with E-state index < -0.39 is 0 Å². The highest BCUT2D eigenvalue weighted by Crippen LogP contribution is 2.41. The van der Waals surface area contributed by atoms with Gasteiger partial charge in [-0.1, -0.05) is 29.8 Å². The average molecular weight is 456 g/mol. The van der Waals surface area contributed by atoms with Crippen LogP contribution in [0.1, 0.15) is 36.0 Å². The maximum atomic E-state index is 12.3. The monoisotopic (exact) mass is 455 g/mol. The number of rotatable bonds is 6. The van der Waals surface area contributed by atoms with Crippen LogP contribution in [-0.2, 0) is 9.53 Å². The Labute approximate surface area is 191 Å². The number of benzene rings is 1. The fourth-order valence-electron chi connectivity index (χ4n) is 3.76. The lowest BCUT2D eigenvalue weighted by molar-refractivity contribution is -0.143. The van der Waals surface area contributed by atoms with Crippen molar-refractivity contribution in [3.63, 3.8) is 0 Å². The molecule has 0 bridgehead atoms. The predicted molar refractivity (Wildman–Crippen MR) is 123 cm³/mol. The Bertz CT molecular complexity index is 1100. The van der Waals surface area contributed by atoms with Crippen molar-refractivity contribution in [3.8, 4) is 11.3 Å². The van der Waals surface area contributed by atoms with Crippen LogP contribution in [0, 0.1) is 6.92 Å². The highest BCUT2D eigenvalue weighted by molar-refractivity contribution is 7.80. The molecule has 0 radical (unpaired) electrons. The van der Waals surface area contributed by atoms with Crippen LogP contribution in [0.4, 0.5) is 0 Å². The molecule has 0 aliphatic carbocycles.